The van der Waals surface area contributed by atoms with E-state index in [0.717, 1.165) is 29.1 Å². The van der Waals surface area contributed by atoms with Gasteiger partial charge in [-0.3, -0.25) is 4.79 Å². The lowest BCUT2D eigenvalue weighted by Gasteiger charge is -2.35. The first-order chi connectivity index (χ1) is 15.3. The number of aromatic nitrogens is 2. The van der Waals surface area contributed by atoms with Crippen molar-refractivity contribution in [1.29, 1.82) is 0 Å². The third-order valence-corrected chi connectivity index (χ3v) is 6.79. The highest BCUT2D eigenvalue weighted by Crippen LogP contribution is 2.46. The Kier molecular flexibility index (Phi) is 4.37. The van der Waals surface area contributed by atoms with Crippen LogP contribution in [0.25, 0.3) is 10.8 Å². The molecular formula is C27H25N3O. The van der Waals surface area contributed by atoms with Gasteiger partial charge in [0.15, 0.2) is 0 Å². The Hall–Kier alpha value is -3.40. The van der Waals surface area contributed by atoms with Crippen LogP contribution in [0.5, 0.6) is 0 Å². The second-order valence-corrected chi connectivity index (χ2v) is 8.90. The Labute approximate surface area is 181 Å². The summed E-state index contributed by atoms with van der Waals surface area (Å²) in [5.41, 5.74) is 5.61. The highest BCUT2D eigenvalue weighted by Gasteiger charge is 2.34. The Morgan fingerprint density at radius 3 is 2.55 bits per heavy atom. The molecule has 0 radical (unpaired) electrons. The van der Waals surface area contributed by atoms with Crippen LogP contribution in [0.1, 0.15) is 53.6 Å². The summed E-state index contributed by atoms with van der Waals surface area (Å²) in [6.07, 6.45) is 5.18. The lowest BCUT2D eigenvalue weighted by Crippen LogP contribution is -2.28. The Bertz CT molecular complexity index is 1310. The van der Waals surface area contributed by atoms with Crippen LogP contribution in [0.4, 0.5) is 5.69 Å². The highest BCUT2D eigenvalue weighted by atomic mass is 16.1. The van der Waals surface area contributed by atoms with Crippen molar-refractivity contribution in [2.75, 3.05) is 5.32 Å². The SMILES string of the molecule is O=c1[nH]nc2c3c(cccc13)NC(c1ccccc1)C2c1cccc(CCC2CC2)c1. The zero-order chi connectivity index (χ0) is 20.8. The molecule has 2 aliphatic rings. The molecule has 3 aromatic carbocycles. The average Bonchev–Trinajstić information content (AvgIpc) is 3.65. The lowest BCUT2D eigenvalue weighted by atomic mass is 9.79. The van der Waals surface area contributed by atoms with Gasteiger partial charge < -0.3 is 5.32 Å². The van der Waals surface area contributed by atoms with E-state index in [2.05, 4.69) is 64.0 Å². The molecule has 4 aromatic rings. The fraction of sp³-hybridized carbons (Fsp3) is 0.259. The lowest BCUT2D eigenvalue weighted by molar-refractivity contribution is 0.636. The van der Waals surface area contributed by atoms with E-state index in [1.54, 1.807) is 0 Å². The van der Waals surface area contributed by atoms with Gasteiger partial charge in [0.25, 0.3) is 5.56 Å². The topological polar surface area (TPSA) is 57.8 Å². The molecule has 1 aliphatic carbocycles. The third-order valence-electron chi connectivity index (χ3n) is 6.79. The minimum absolute atomic E-state index is 0.0116. The molecule has 4 heteroatoms. The van der Waals surface area contributed by atoms with Gasteiger partial charge in [-0.1, -0.05) is 73.5 Å². The summed E-state index contributed by atoms with van der Waals surface area (Å²) in [6, 6.07) is 25.4. The van der Waals surface area contributed by atoms with Crippen LogP contribution in [0, 0.1) is 5.92 Å². The summed E-state index contributed by atoms with van der Waals surface area (Å²) in [5.74, 6) is 0.932. The third kappa shape index (κ3) is 3.32. The van der Waals surface area contributed by atoms with Crippen LogP contribution in [0.3, 0.4) is 0 Å². The van der Waals surface area contributed by atoms with Gasteiger partial charge in [0, 0.05) is 11.1 Å². The van der Waals surface area contributed by atoms with E-state index < -0.39 is 0 Å². The summed E-state index contributed by atoms with van der Waals surface area (Å²) in [6.45, 7) is 0. The molecule has 6 rings (SSSR count). The molecule has 0 bridgehead atoms. The van der Waals surface area contributed by atoms with Crippen molar-refractivity contribution in [1.82, 2.24) is 10.2 Å². The Morgan fingerprint density at radius 2 is 1.71 bits per heavy atom. The van der Waals surface area contributed by atoms with Gasteiger partial charge in [0.1, 0.15) is 0 Å². The molecule has 0 saturated heterocycles. The maximum atomic E-state index is 12.5. The molecule has 31 heavy (non-hydrogen) atoms. The van der Waals surface area contributed by atoms with E-state index in [0.29, 0.717) is 5.39 Å². The zero-order valence-corrected chi connectivity index (χ0v) is 17.3. The van der Waals surface area contributed by atoms with Gasteiger partial charge in [0.05, 0.1) is 23.0 Å². The van der Waals surface area contributed by atoms with Crippen molar-refractivity contribution < 1.29 is 0 Å². The summed E-state index contributed by atoms with van der Waals surface area (Å²) in [5, 5.41) is 12.7. The number of hydrogen-bond acceptors (Lipinski definition) is 3. The molecular weight excluding hydrogens is 382 g/mol. The van der Waals surface area contributed by atoms with Gasteiger partial charge in [-0.2, -0.15) is 5.10 Å². The van der Waals surface area contributed by atoms with E-state index in [-0.39, 0.29) is 17.5 Å². The molecule has 4 nitrogen and oxygen atoms in total. The van der Waals surface area contributed by atoms with Crippen molar-refractivity contribution in [2.24, 2.45) is 5.92 Å². The zero-order valence-electron chi connectivity index (χ0n) is 17.3. The van der Waals surface area contributed by atoms with Gasteiger partial charge in [0.2, 0.25) is 0 Å². The predicted molar refractivity (Wildman–Crippen MR) is 124 cm³/mol. The van der Waals surface area contributed by atoms with Crippen LogP contribution >= 0.6 is 0 Å². The van der Waals surface area contributed by atoms with Crippen LogP contribution in [0.15, 0.2) is 77.6 Å². The molecule has 1 aromatic heterocycles. The molecule has 1 fully saturated rings. The van der Waals surface area contributed by atoms with Crippen molar-refractivity contribution in [3.05, 3.63) is 106 Å². The van der Waals surface area contributed by atoms with Gasteiger partial charge in [-0.15, -0.1) is 0 Å². The number of benzene rings is 3. The van der Waals surface area contributed by atoms with Crippen molar-refractivity contribution in [3.63, 3.8) is 0 Å². The second-order valence-electron chi connectivity index (χ2n) is 8.90. The molecule has 1 aliphatic heterocycles. The first-order valence-corrected chi connectivity index (χ1v) is 11.2. The summed E-state index contributed by atoms with van der Waals surface area (Å²) < 4.78 is 0. The molecule has 154 valence electrons. The van der Waals surface area contributed by atoms with E-state index in [1.165, 1.54) is 36.0 Å². The predicted octanol–water partition coefficient (Wildman–Crippen LogP) is 5.56. The number of H-pyrrole nitrogens is 1. The standard InChI is InChI=1S/C27H25N3O/c31-27-21-10-5-11-22-24(21)26(29-30-27)23(25(28-22)19-7-2-1-3-8-19)20-9-4-6-18(16-20)15-14-17-12-13-17/h1-11,16-17,23,25,28H,12-15H2,(H,30,31). The van der Waals surface area contributed by atoms with E-state index in [9.17, 15) is 4.79 Å². The van der Waals surface area contributed by atoms with Crippen LogP contribution in [-0.4, -0.2) is 10.2 Å². The largest absolute Gasteiger partial charge is 0.377 e. The fourth-order valence-corrected chi connectivity index (χ4v) is 5.00. The van der Waals surface area contributed by atoms with Crippen LogP contribution < -0.4 is 10.9 Å². The highest BCUT2D eigenvalue weighted by molar-refractivity contribution is 5.97. The molecule has 2 N–H and O–H groups in total. The summed E-state index contributed by atoms with van der Waals surface area (Å²) >= 11 is 0. The molecule has 2 atom stereocenters. The summed E-state index contributed by atoms with van der Waals surface area (Å²) in [7, 11) is 0. The van der Waals surface area contributed by atoms with Crippen molar-refractivity contribution in [2.45, 2.75) is 37.6 Å². The molecule has 0 spiro atoms. The average molecular weight is 408 g/mol. The molecule has 2 heterocycles. The van der Waals surface area contributed by atoms with Crippen molar-refractivity contribution >= 4 is 16.5 Å². The van der Waals surface area contributed by atoms with Crippen LogP contribution in [0.2, 0.25) is 0 Å². The van der Waals surface area contributed by atoms with Crippen molar-refractivity contribution in [3.8, 4) is 0 Å². The maximum Gasteiger partial charge on any atom is 0.272 e. The minimum atomic E-state index is -0.141. The smallest absolute Gasteiger partial charge is 0.272 e. The first-order valence-electron chi connectivity index (χ1n) is 11.2. The number of anilines is 1. The monoisotopic (exact) mass is 407 g/mol. The number of aromatic amines is 1. The number of nitrogens with zero attached hydrogens (tertiary/aromatic N) is 1. The minimum Gasteiger partial charge on any atom is -0.377 e. The molecule has 0 amide bonds. The maximum absolute atomic E-state index is 12.5. The number of nitrogens with one attached hydrogen (secondary N) is 2. The quantitative estimate of drug-likeness (QED) is 0.455. The van der Waals surface area contributed by atoms with Gasteiger partial charge in [-0.05, 0) is 47.6 Å². The Balaban J connectivity index is 1.52. The first kappa shape index (κ1) is 18.4. The van der Waals surface area contributed by atoms with Gasteiger partial charge in [-0.25, -0.2) is 5.10 Å². The number of aryl methyl sites for hydroxylation is 1. The number of hydrogen-bond donors (Lipinski definition) is 2. The van der Waals surface area contributed by atoms with Gasteiger partial charge >= 0.3 is 0 Å². The van der Waals surface area contributed by atoms with E-state index in [4.69, 9.17) is 0 Å². The Morgan fingerprint density at radius 1 is 0.903 bits per heavy atom. The molecule has 1 saturated carbocycles. The van der Waals surface area contributed by atoms with E-state index >= 15 is 0 Å². The second kappa shape index (κ2) is 7.38. The number of rotatable bonds is 5. The fourth-order valence-electron chi connectivity index (χ4n) is 5.00. The molecule has 2 unspecified atom stereocenters. The summed E-state index contributed by atoms with van der Waals surface area (Å²) in [4.78, 5) is 12.5. The van der Waals surface area contributed by atoms with Crippen LogP contribution in [-0.2, 0) is 6.42 Å². The normalized spacial score (nSPS) is 19.9. The van der Waals surface area contributed by atoms with E-state index in [1.807, 2.05) is 24.3 Å².